The largest absolute Gasteiger partial charge is 0.317 e. The molecule has 3 aromatic rings. The molecule has 1 aliphatic heterocycles. The van der Waals surface area contributed by atoms with Crippen molar-refractivity contribution in [2.24, 2.45) is 4.99 Å². The smallest absolute Gasteiger partial charge is 0.279 e. The lowest BCUT2D eigenvalue weighted by Crippen LogP contribution is -2.28. The first-order valence-electron chi connectivity index (χ1n) is 8.72. The van der Waals surface area contributed by atoms with E-state index >= 15 is 0 Å². The quantitative estimate of drug-likeness (QED) is 0.657. The zero-order chi connectivity index (χ0) is 19.0. The molecule has 27 heavy (non-hydrogen) atoms. The molecular formula is C20H17N3O3S. The van der Waals surface area contributed by atoms with Gasteiger partial charge >= 0.3 is 0 Å². The van der Waals surface area contributed by atoms with E-state index in [0.29, 0.717) is 22.6 Å². The van der Waals surface area contributed by atoms with Gasteiger partial charge < -0.3 is 4.57 Å². The summed E-state index contributed by atoms with van der Waals surface area (Å²) in [6, 6.07) is 14.4. The van der Waals surface area contributed by atoms with Gasteiger partial charge in [-0.2, -0.15) is 4.99 Å². The molecule has 1 fully saturated rings. The molecule has 2 heterocycles. The second-order valence-electron chi connectivity index (χ2n) is 6.19. The average molecular weight is 379 g/mol. The van der Waals surface area contributed by atoms with Crippen LogP contribution in [0.25, 0.3) is 10.2 Å². The molecule has 0 unspecified atom stereocenters. The third-order valence-electron chi connectivity index (χ3n) is 4.50. The molecule has 0 saturated carbocycles. The van der Waals surface area contributed by atoms with Crippen molar-refractivity contribution in [2.75, 3.05) is 4.90 Å². The molecule has 0 radical (unpaired) electrons. The number of fused-ring (bicyclic) bond motifs is 1. The molecule has 2 aromatic carbocycles. The fraction of sp³-hybridized carbons (Fsp3) is 0.200. The van der Waals surface area contributed by atoms with E-state index in [-0.39, 0.29) is 24.7 Å². The van der Waals surface area contributed by atoms with Gasteiger partial charge in [-0.05, 0) is 37.3 Å². The van der Waals surface area contributed by atoms with Gasteiger partial charge in [0.25, 0.3) is 5.91 Å². The van der Waals surface area contributed by atoms with Crippen molar-refractivity contribution >= 4 is 45.0 Å². The first-order valence-corrected chi connectivity index (χ1v) is 9.53. The number of aryl methyl sites for hydroxylation is 1. The Bertz CT molecular complexity index is 1130. The van der Waals surface area contributed by atoms with Crippen molar-refractivity contribution < 1.29 is 14.4 Å². The van der Waals surface area contributed by atoms with Gasteiger partial charge in [0.15, 0.2) is 4.80 Å². The lowest BCUT2D eigenvalue weighted by molar-refractivity contribution is -0.121. The number of aromatic nitrogens is 1. The number of thiazole rings is 1. The molecule has 4 rings (SSSR count). The Balaban J connectivity index is 1.74. The summed E-state index contributed by atoms with van der Waals surface area (Å²) >= 11 is 1.46. The predicted molar refractivity (Wildman–Crippen MR) is 104 cm³/mol. The Labute approximate surface area is 159 Å². The van der Waals surface area contributed by atoms with E-state index in [1.54, 1.807) is 24.3 Å². The molecule has 1 aliphatic rings. The lowest BCUT2D eigenvalue weighted by Gasteiger charge is -2.14. The summed E-state index contributed by atoms with van der Waals surface area (Å²) in [5.41, 5.74) is 1.81. The molecule has 6 nitrogen and oxygen atoms in total. The Hall–Kier alpha value is -3.06. The molecule has 3 amide bonds. The summed E-state index contributed by atoms with van der Waals surface area (Å²) in [6.07, 6.45) is 0.416. The van der Waals surface area contributed by atoms with Crippen molar-refractivity contribution in [3.8, 4) is 0 Å². The molecule has 136 valence electrons. The molecule has 0 aliphatic carbocycles. The first kappa shape index (κ1) is 17.4. The zero-order valence-electron chi connectivity index (χ0n) is 14.7. The van der Waals surface area contributed by atoms with Crippen LogP contribution in [-0.2, 0) is 16.1 Å². The number of nitrogens with zero attached hydrogens (tertiary/aromatic N) is 3. The molecule has 1 saturated heterocycles. The third kappa shape index (κ3) is 3.10. The average Bonchev–Trinajstić information content (AvgIpc) is 3.20. The summed E-state index contributed by atoms with van der Waals surface area (Å²) in [5, 5.41) is 0. The first-order chi connectivity index (χ1) is 13.1. The molecule has 0 atom stereocenters. The van der Waals surface area contributed by atoms with Gasteiger partial charge in [-0.3, -0.25) is 19.3 Å². The topological polar surface area (TPSA) is 71.7 Å². The van der Waals surface area contributed by atoms with Crippen LogP contribution in [0.5, 0.6) is 0 Å². The van der Waals surface area contributed by atoms with Gasteiger partial charge in [0.2, 0.25) is 11.8 Å². The number of hydrogen-bond acceptors (Lipinski definition) is 4. The van der Waals surface area contributed by atoms with Crippen molar-refractivity contribution in [3.05, 3.63) is 58.9 Å². The number of benzene rings is 2. The van der Waals surface area contributed by atoms with Crippen molar-refractivity contribution in [1.29, 1.82) is 0 Å². The highest BCUT2D eigenvalue weighted by Crippen LogP contribution is 2.24. The van der Waals surface area contributed by atoms with Crippen LogP contribution < -0.4 is 9.70 Å². The minimum atomic E-state index is -0.398. The maximum Gasteiger partial charge on any atom is 0.279 e. The van der Waals surface area contributed by atoms with Crippen molar-refractivity contribution in [3.63, 3.8) is 0 Å². The maximum atomic E-state index is 12.7. The fourth-order valence-corrected chi connectivity index (χ4v) is 4.30. The zero-order valence-corrected chi connectivity index (χ0v) is 15.5. The van der Waals surface area contributed by atoms with E-state index in [2.05, 4.69) is 4.99 Å². The van der Waals surface area contributed by atoms with Crippen LogP contribution in [0.15, 0.2) is 53.5 Å². The lowest BCUT2D eigenvalue weighted by atomic mass is 10.2. The number of imide groups is 1. The van der Waals surface area contributed by atoms with Gasteiger partial charge in [-0.15, -0.1) is 0 Å². The normalized spacial score (nSPS) is 15.1. The van der Waals surface area contributed by atoms with Gasteiger partial charge in [0, 0.05) is 24.9 Å². The number of carbonyl (C=O) groups excluding carboxylic acids is 3. The van der Waals surface area contributed by atoms with E-state index in [4.69, 9.17) is 0 Å². The summed E-state index contributed by atoms with van der Waals surface area (Å²) in [4.78, 5) is 42.7. The summed E-state index contributed by atoms with van der Waals surface area (Å²) in [5.74, 6) is -0.880. The van der Waals surface area contributed by atoms with Crippen LogP contribution in [0.1, 0.15) is 30.1 Å². The SMILES string of the molecule is CCn1c(=NC(=O)c2cccc(N3C(=O)CCC3=O)c2)sc2ccccc21. The van der Waals surface area contributed by atoms with E-state index in [9.17, 15) is 14.4 Å². The number of carbonyl (C=O) groups is 3. The van der Waals surface area contributed by atoms with Crippen LogP contribution >= 0.6 is 11.3 Å². The number of amides is 3. The second kappa shape index (κ2) is 6.92. The standard InChI is InChI=1S/C20H17N3O3S/c1-2-22-15-8-3-4-9-16(15)27-20(22)21-19(26)13-6-5-7-14(12-13)23-17(24)10-11-18(23)25/h3-9,12H,2,10-11H2,1H3. The summed E-state index contributed by atoms with van der Waals surface area (Å²) < 4.78 is 3.06. The van der Waals surface area contributed by atoms with Crippen LogP contribution in [0, 0.1) is 0 Å². The Morgan fingerprint density at radius 2 is 1.81 bits per heavy atom. The Morgan fingerprint density at radius 1 is 1.07 bits per heavy atom. The highest BCUT2D eigenvalue weighted by atomic mass is 32.1. The van der Waals surface area contributed by atoms with Gasteiger partial charge in [0.05, 0.1) is 15.9 Å². The molecule has 0 N–H and O–H groups in total. The van der Waals surface area contributed by atoms with Crippen LogP contribution in [0.3, 0.4) is 0 Å². The summed E-state index contributed by atoms with van der Waals surface area (Å²) in [7, 11) is 0. The Kier molecular flexibility index (Phi) is 4.45. The van der Waals surface area contributed by atoms with Crippen LogP contribution in [-0.4, -0.2) is 22.3 Å². The monoisotopic (exact) mass is 379 g/mol. The molecule has 1 aromatic heterocycles. The van der Waals surface area contributed by atoms with Crippen molar-refractivity contribution in [2.45, 2.75) is 26.3 Å². The Morgan fingerprint density at radius 3 is 2.56 bits per heavy atom. The number of anilines is 1. The predicted octanol–water partition coefficient (Wildman–Crippen LogP) is 3.12. The van der Waals surface area contributed by atoms with Gasteiger partial charge in [0.1, 0.15) is 0 Å². The highest BCUT2D eigenvalue weighted by Gasteiger charge is 2.30. The van der Waals surface area contributed by atoms with E-state index in [1.165, 1.54) is 11.3 Å². The second-order valence-corrected chi connectivity index (χ2v) is 7.20. The van der Waals surface area contributed by atoms with E-state index < -0.39 is 5.91 Å². The third-order valence-corrected chi connectivity index (χ3v) is 5.56. The number of hydrogen-bond donors (Lipinski definition) is 0. The molecule has 0 bridgehead atoms. The molecule has 7 heteroatoms. The van der Waals surface area contributed by atoms with Crippen LogP contribution in [0.4, 0.5) is 5.69 Å². The number of para-hydroxylation sites is 1. The van der Waals surface area contributed by atoms with E-state index in [1.807, 2.05) is 35.8 Å². The number of rotatable bonds is 3. The summed E-state index contributed by atoms with van der Waals surface area (Å²) in [6.45, 7) is 2.71. The molecule has 0 spiro atoms. The minimum Gasteiger partial charge on any atom is -0.317 e. The van der Waals surface area contributed by atoms with Crippen LogP contribution in [0.2, 0.25) is 0 Å². The minimum absolute atomic E-state index is 0.208. The van der Waals surface area contributed by atoms with Gasteiger partial charge in [-0.25, -0.2) is 0 Å². The fourth-order valence-electron chi connectivity index (χ4n) is 3.21. The maximum absolute atomic E-state index is 12.7. The van der Waals surface area contributed by atoms with Crippen molar-refractivity contribution in [1.82, 2.24) is 4.57 Å². The van der Waals surface area contributed by atoms with Gasteiger partial charge in [-0.1, -0.05) is 29.5 Å². The van der Waals surface area contributed by atoms with E-state index in [0.717, 1.165) is 15.1 Å². The highest BCUT2D eigenvalue weighted by molar-refractivity contribution is 7.16. The molecular weight excluding hydrogens is 362 g/mol.